The van der Waals surface area contributed by atoms with E-state index in [0.29, 0.717) is 22.9 Å². The third kappa shape index (κ3) is 2.82. The second-order valence-electron chi connectivity index (χ2n) is 5.85. The van der Waals surface area contributed by atoms with Gasteiger partial charge >= 0.3 is 0 Å². The number of aryl methyl sites for hydroxylation is 1. The van der Waals surface area contributed by atoms with Crippen molar-refractivity contribution >= 4 is 11.6 Å². The summed E-state index contributed by atoms with van der Waals surface area (Å²) in [4.78, 5) is 4.36. The van der Waals surface area contributed by atoms with Gasteiger partial charge in [-0.25, -0.2) is 0 Å². The molecule has 0 spiro atoms. The normalized spacial score (nSPS) is 17.5. The molecule has 0 radical (unpaired) electrons. The molecule has 1 aromatic heterocycles. The van der Waals surface area contributed by atoms with E-state index < -0.39 is 11.9 Å². The third-order valence-corrected chi connectivity index (χ3v) is 3.99. The summed E-state index contributed by atoms with van der Waals surface area (Å²) in [6.45, 7) is 5.99. The Bertz CT molecular complexity index is 698. The summed E-state index contributed by atoms with van der Waals surface area (Å²) >= 11 is 5.90. The molecule has 2 heterocycles. The van der Waals surface area contributed by atoms with Crippen LogP contribution in [0.25, 0.3) is 0 Å². The predicted molar refractivity (Wildman–Crippen MR) is 84.0 cm³/mol. The molecule has 1 aliphatic rings. The molecule has 22 heavy (non-hydrogen) atoms. The monoisotopic (exact) mass is 319 g/mol. The molecule has 1 atom stereocenters. The molecule has 0 amide bonds. The topological polar surface area (TPSA) is 51.6 Å². The Morgan fingerprint density at radius 3 is 2.64 bits per heavy atom. The van der Waals surface area contributed by atoms with Crippen LogP contribution in [-0.2, 0) is 11.3 Å². The molecular weight excluding hydrogens is 302 g/mol. The van der Waals surface area contributed by atoms with Crippen LogP contribution in [0.3, 0.4) is 0 Å². The van der Waals surface area contributed by atoms with Crippen molar-refractivity contribution in [3.63, 3.8) is 0 Å². The lowest BCUT2D eigenvalue weighted by Gasteiger charge is -2.34. The highest BCUT2D eigenvalue weighted by Gasteiger charge is 2.32. The molecule has 1 aromatic carbocycles. The van der Waals surface area contributed by atoms with Gasteiger partial charge in [-0.2, -0.15) is 0 Å². The molecule has 0 saturated carbocycles. The van der Waals surface area contributed by atoms with Crippen molar-refractivity contribution in [2.24, 2.45) is 0 Å². The van der Waals surface area contributed by atoms with Gasteiger partial charge in [0.05, 0.1) is 12.3 Å². The van der Waals surface area contributed by atoms with Crippen molar-refractivity contribution in [2.45, 2.75) is 39.3 Å². The molecule has 3 rings (SSSR count). The van der Waals surface area contributed by atoms with Gasteiger partial charge in [-0.05, 0) is 24.6 Å². The number of rotatable bonds is 2. The first-order valence-corrected chi connectivity index (χ1v) is 7.50. The molecule has 1 N–H and O–H groups in total. The smallest absolute Gasteiger partial charge is 0.205 e. The lowest BCUT2D eigenvalue weighted by Crippen LogP contribution is -2.36. The van der Waals surface area contributed by atoms with Crippen molar-refractivity contribution in [1.82, 2.24) is 4.98 Å². The van der Waals surface area contributed by atoms with E-state index in [2.05, 4.69) is 4.98 Å². The lowest BCUT2D eigenvalue weighted by atomic mass is 9.97. The molecule has 0 bridgehead atoms. The third-order valence-electron chi connectivity index (χ3n) is 3.74. The fraction of sp³-hybridized carbons (Fsp3) is 0.353. The van der Waals surface area contributed by atoms with E-state index in [4.69, 9.17) is 21.1 Å². The molecule has 0 aliphatic carbocycles. The molecule has 2 aromatic rings. The van der Waals surface area contributed by atoms with E-state index in [-0.39, 0.29) is 0 Å². The van der Waals surface area contributed by atoms with Crippen LogP contribution in [-0.4, -0.2) is 15.9 Å². The van der Waals surface area contributed by atoms with Crippen molar-refractivity contribution in [3.05, 3.63) is 57.9 Å². The number of halogens is 1. The van der Waals surface area contributed by atoms with Gasteiger partial charge in [-0.3, -0.25) is 4.98 Å². The van der Waals surface area contributed by atoms with Gasteiger partial charge in [0.25, 0.3) is 0 Å². The van der Waals surface area contributed by atoms with Crippen LogP contribution in [0.15, 0.2) is 30.5 Å². The van der Waals surface area contributed by atoms with Crippen LogP contribution < -0.4 is 4.74 Å². The van der Waals surface area contributed by atoms with Gasteiger partial charge in [-0.1, -0.05) is 23.7 Å². The van der Waals surface area contributed by atoms with Gasteiger partial charge in [0.1, 0.15) is 11.9 Å². The number of nitrogens with zero attached hydrogens (tertiary/aromatic N) is 1. The fourth-order valence-corrected chi connectivity index (χ4v) is 2.64. The molecule has 0 unspecified atom stereocenters. The van der Waals surface area contributed by atoms with Gasteiger partial charge in [-0.15, -0.1) is 0 Å². The standard InChI is InChI=1S/C17H18ClNO3/c1-10-16-14(9-21-17(2,3)22-16)13(8-19-10)15(20)11-4-6-12(18)7-5-11/h4-8,15,20H,9H2,1-3H3/t15-/m0/s1. The quantitative estimate of drug-likeness (QED) is 0.915. The van der Waals surface area contributed by atoms with Crippen LogP contribution in [0, 0.1) is 6.92 Å². The van der Waals surface area contributed by atoms with Gasteiger partial charge < -0.3 is 14.6 Å². The van der Waals surface area contributed by atoms with E-state index in [9.17, 15) is 5.11 Å². The summed E-state index contributed by atoms with van der Waals surface area (Å²) in [6, 6.07) is 7.11. The lowest BCUT2D eigenvalue weighted by molar-refractivity contribution is -0.181. The number of fused-ring (bicyclic) bond motifs is 1. The number of ether oxygens (including phenoxy) is 2. The highest BCUT2D eigenvalue weighted by molar-refractivity contribution is 6.30. The Morgan fingerprint density at radius 2 is 1.95 bits per heavy atom. The number of aliphatic hydroxyl groups is 1. The highest BCUT2D eigenvalue weighted by Crippen LogP contribution is 2.38. The molecule has 1 aliphatic heterocycles. The first-order valence-electron chi connectivity index (χ1n) is 7.12. The zero-order chi connectivity index (χ0) is 15.9. The van der Waals surface area contributed by atoms with Crippen LogP contribution in [0.5, 0.6) is 5.75 Å². The number of benzene rings is 1. The number of hydrogen-bond donors (Lipinski definition) is 1. The van der Waals surface area contributed by atoms with Crippen LogP contribution >= 0.6 is 11.6 Å². The zero-order valence-electron chi connectivity index (χ0n) is 12.8. The predicted octanol–water partition coefficient (Wildman–Crippen LogP) is 3.77. The molecule has 0 saturated heterocycles. The minimum atomic E-state index is -0.799. The maximum atomic E-state index is 10.7. The first-order chi connectivity index (χ1) is 10.4. The molecule has 5 heteroatoms. The Hall–Kier alpha value is -1.62. The summed E-state index contributed by atoms with van der Waals surface area (Å²) in [7, 11) is 0. The van der Waals surface area contributed by atoms with E-state index in [1.165, 1.54) is 0 Å². The van der Waals surface area contributed by atoms with E-state index >= 15 is 0 Å². The Labute approximate surface area is 134 Å². The first kappa shape index (κ1) is 15.3. The maximum absolute atomic E-state index is 10.7. The minimum absolute atomic E-state index is 0.381. The summed E-state index contributed by atoms with van der Waals surface area (Å²) in [5.74, 6) is 0.00489. The van der Waals surface area contributed by atoms with Crippen molar-refractivity contribution in [1.29, 1.82) is 0 Å². The van der Waals surface area contributed by atoms with Gasteiger partial charge in [0.15, 0.2) is 0 Å². The minimum Gasteiger partial charge on any atom is -0.461 e. The van der Waals surface area contributed by atoms with Gasteiger partial charge in [0.2, 0.25) is 5.79 Å². The average molecular weight is 320 g/mol. The average Bonchev–Trinajstić information content (AvgIpc) is 2.48. The van der Waals surface area contributed by atoms with E-state index in [1.807, 2.05) is 20.8 Å². The number of aliphatic hydroxyl groups excluding tert-OH is 1. The summed E-state index contributed by atoms with van der Waals surface area (Å²) in [5, 5.41) is 11.3. The zero-order valence-corrected chi connectivity index (χ0v) is 13.5. The van der Waals surface area contributed by atoms with Gasteiger partial charge in [0, 0.05) is 36.2 Å². The van der Waals surface area contributed by atoms with Crippen LogP contribution in [0.4, 0.5) is 0 Å². The number of pyridine rings is 1. The molecule has 4 nitrogen and oxygen atoms in total. The molecule has 116 valence electrons. The Balaban J connectivity index is 2.03. The summed E-state index contributed by atoms with van der Waals surface area (Å²) in [5.41, 5.74) is 3.08. The Morgan fingerprint density at radius 1 is 1.27 bits per heavy atom. The van der Waals surface area contributed by atoms with E-state index in [1.54, 1.807) is 30.5 Å². The Kier molecular flexibility index (Phi) is 3.85. The summed E-state index contributed by atoms with van der Waals surface area (Å²) in [6.07, 6.45) is 0.880. The largest absolute Gasteiger partial charge is 0.461 e. The van der Waals surface area contributed by atoms with Crippen molar-refractivity contribution in [3.8, 4) is 5.75 Å². The fourth-order valence-electron chi connectivity index (χ4n) is 2.52. The van der Waals surface area contributed by atoms with Crippen molar-refractivity contribution in [2.75, 3.05) is 0 Å². The SMILES string of the molecule is Cc1ncc([C@@H](O)c2ccc(Cl)cc2)c2c1OC(C)(C)OC2. The van der Waals surface area contributed by atoms with Crippen molar-refractivity contribution < 1.29 is 14.6 Å². The molecule has 0 fully saturated rings. The number of aromatic nitrogens is 1. The summed E-state index contributed by atoms with van der Waals surface area (Å²) < 4.78 is 11.6. The maximum Gasteiger partial charge on any atom is 0.205 e. The second-order valence-corrected chi connectivity index (χ2v) is 6.29. The molecular formula is C17H18ClNO3. The number of hydrogen-bond acceptors (Lipinski definition) is 4. The van der Waals surface area contributed by atoms with E-state index in [0.717, 1.165) is 16.8 Å². The van der Waals surface area contributed by atoms with Crippen LogP contribution in [0.2, 0.25) is 5.02 Å². The van der Waals surface area contributed by atoms with Crippen LogP contribution in [0.1, 0.15) is 42.3 Å². The highest BCUT2D eigenvalue weighted by atomic mass is 35.5. The second kappa shape index (κ2) is 5.54.